The first-order valence-corrected chi connectivity index (χ1v) is 8.76. The Morgan fingerprint density at radius 1 is 1.38 bits per heavy atom. The zero-order valence-corrected chi connectivity index (χ0v) is 13.8. The molecular formula is C17H31N3O. The van der Waals surface area contributed by atoms with E-state index in [1.54, 1.807) is 0 Å². The van der Waals surface area contributed by atoms with Gasteiger partial charge in [-0.25, -0.2) is 0 Å². The van der Waals surface area contributed by atoms with Gasteiger partial charge in [-0.3, -0.25) is 4.99 Å². The number of nitrogens with one attached hydrogen (secondary N) is 2. The summed E-state index contributed by atoms with van der Waals surface area (Å²) < 4.78 is 5.98. The van der Waals surface area contributed by atoms with Gasteiger partial charge in [0.2, 0.25) is 0 Å². The Balaban J connectivity index is 1.50. The molecule has 1 spiro atoms. The minimum absolute atomic E-state index is 0.427. The molecule has 2 aliphatic carbocycles. The van der Waals surface area contributed by atoms with Gasteiger partial charge in [-0.2, -0.15) is 0 Å². The molecule has 0 amide bonds. The summed E-state index contributed by atoms with van der Waals surface area (Å²) in [4.78, 5) is 4.42. The number of rotatable bonds is 5. The van der Waals surface area contributed by atoms with Gasteiger partial charge in [-0.15, -0.1) is 0 Å². The minimum atomic E-state index is 0.427. The maximum absolute atomic E-state index is 5.98. The molecule has 3 atom stereocenters. The van der Waals surface area contributed by atoms with Crippen LogP contribution in [0, 0.1) is 17.3 Å². The van der Waals surface area contributed by atoms with Crippen LogP contribution in [0.25, 0.3) is 0 Å². The number of aliphatic imine (C=N–C) groups is 1. The molecule has 4 heteroatoms. The van der Waals surface area contributed by atoms with Crippen molar-refractivity contribution < 1.29 is 4.74 Å². The van der Waals surface area contributed by atoms with Crippen molar-refractivity contribution in [3.63, 3.8) is 0 Å². The summed E-state index contributed by atoms with van der Waals surface area (Å²) in [5, 5.41) is 7.20. The van der Waals surface area contributed by atoms with Gasteiger partial charge < -0.3 is 15.4 Å². The summed E-state index contributed by atoms with van der Waals surface area (Å²) in [7, 11) is 1.88. The van der Waals surface area contributed by atoms with E-state index >= 15 is 0 Å². The average Bonchev–Trinajstić information content (AvgIpc) is 2.81. The predicted octanol–water partition coefficient (Wildman–Crippen LogP) is 2.55. The first-order chi connectivity index (χ1) is 10.2. The molecule has 0 aromatic heterocycles. The van der Waals surface area contributed by atoms with Crippen LogP contribution >= 0.6 is 0 Å². The van der Waals surface area contributed by atoms with Crippen molar-refractivity contribution in [3.05, 3.63) is 0 Å². The lowest BCUT2D eigenvalue weighted by atomic mass is 9.46. The quantitative estimate of drug-likeness (QED) is 0.465. The van der Waals surface area contributed by atoms with Gasteiger partial charge in [-0.1, -0.05) is 20.3 Å². The van der Waals surface area contributed by atoms with Crippen LogP contribution in [0.2, 0.25) is 0 Å². The molecule has 21 heavy (non-hydrogen) atoms. The van der Waals surface area contributed by atoms with E-state index in [-0.39, 0.29) is 0 Å². The van der Waals surface area contributed by atoms with Crippen LogP contribution in [0.15, 0.2) is 4.99 Å². The molecule has 0 bridgehead atoms. The summed E-state index contributed by atoms with van der Waals surface area (Å²) in [5.74, 6) is 2.47. The first-order valence-electron chi connectivity index (χ1n) is 8.76. The Morgan fingerprint density at radius 3 is 2.81 bits per heavy atom. The van der Waals surface area contributed by atoms with Crippen molar-refractivity contribution in [2.75, 3.05) is 20.2 Å². The van der Waals surface area contributed by atoms with Crippen LogP contribution < -0.4 is 10.6 Å². The van der Waals surface area contributed by atoms with Gasteiger partial charge in [0.05, 0.1) is 6.10 Å². The molecule has 4 nitrogen and oxygen atoms in total. The summed E-state index contributed by atoms with van der Waals surface area (Å²) in [6.07, 6.45) is 8.26. The van der Waals surface area contributed by atoms with E-state index in [0.29, 0.717) is 23.5 Å². The van der Waals surface area contributed by atoms with Gasteiger partial charge in [0.25, 0.3) is 0 Å². The predicted molar refractivity (Wildman–Crippen MR) is 86.5 cm³/mol. The number of hydrogen-bond acceptors (Lipinski definition) is 2. The summed E-state index contributed by atoms with van der Waals surface area (Å²) >= 11 is 0. The van der Waals surface area contributed by atoms with Gasteiger partial charge in [0.15, 0.2) is 5.96 Å². The third-order valence-corrected chi connectivity index (χ3v) is 5.80. The Labute approximate surface area is 129 Å². The van der Waals surface area contributed by atoms with Crippen LogP contribution in [0.4, 0.5) is 0 Å². The summed E-state index contributed by atoms with van der Waals surface area (Å²) in [6.45, 7) is 6.53. The Morgan fingerprint density at radius 2 is 2.19 bits per heavy atom. The molecule has 3 unspecified atom stereocenters. The highest BCUT2D eigenvalue weighted by molar-refractivity contribution is 5.80. The summed E-state index contributed by atoms with van der Waals surface area (Å²) in [5.41, 5.74) is 0.427. The standard InChI is InChI=1S/C17H31N3O/c1-12(2)6-4-10-19-16(18-3)20-14-13-7-11-21-15(13)17(14)8-5-9-17/h12-15H,4-11H2,1-3H3,(H2,18,19,20). The molecule has 3 fully saturated rings. The van der Waals surface area contributed by atoms with E-state index in [2.05, 4.69) is 29.5 Å². The smallest absolute Gasteiger partial charge is 0.191 e. The topological polar surface area (TPSA) is 45.7 Å². The van der Waals surface area contributed by atoms with Crippen molar-refractivity contribution in [3.8, 4) is 0 Å². The number of ether oxygens (including phenoxy) is 1. The Bertz CT molecular complexity index is 389. The van der Waals surface area contributed by atoms with E-state index < -0.39 is 0 Å². The van der Waals surface area contributed by atoms with Crippen molar-refractivity contribution in [1.82, 2.24) is 10.6 Å². The number of hydrogen-bond donors (Lipinski definition) is 2. The zero-order chi connectivity index (χ0) is 14.9. The number of nitrogens with zero attached hydrogens (tertiary/aromatic N) is 1. The highest BCUT2D eigenvalue weighted by Crippen LogP contribution is 2.62. The minimum Gasteiger partial charge on any atom is -0.377 e. The van der Waals surface area contributed by atoms with E-state index in [1.807, 2.05) is 7.05 Å². The molecule has 1 saturated heterocycles. The van der Waals surface area contributed by atoms with Crippen LogP contribution in [0.3, 0.4) is 0 Å². The lowest BCUT2D eigenvalue weighted by molar-refractivity contribution is -0.171. The second kappa shape index (κ2) is 6.15. The highest BCUT2D eigenvalue weighted by atomic mass is 16.5. The van der Waals surface area contributed by atoms with Crippen LogP contribution in [-0.4, -0.2) is 38.3 Å². The highest BCUT2D eigenvalue weighted by Gasteiger charge is 2.66. The van der Waals surface area contributed by atoms with Crippen molar-refractivity contribution in [2.45, 2.75) is 64.5 Å². The largest absolute Gasteiger partial charge is 0.377 e. The fraction of sp³-hybridized carbons (Fsp3) is 0.941. The average molecular weight is 293 g/mol. The van der Waals surface area contributed by atoms with Gasteiger partial charge >= 0.3 is 0 Å². The number of fused-ring (bicyclic) bond motifs is 2. The zero-order valence-electron chi connectivity index (χ0n) is 13.8. The Hall–Kier alpha value is -0.770. The maximum atomic E-state index is 5.98. The van der Waals surface area contributed by atoms with E-state index in [0.717, 1.165) is 25.0 Å². The second-order valence-corrected chi connectivity index (χ2v) is 7.49. The fourth-order valence-electron chi connectivity index (χ4n) is 4.51. The molecule has 3 aliphatic rings. The molecule has 2 N–H and O–H groups in total. The molecule has 0 radical (unpaired) electrons. The maximum Gasteiger partial charge on any atom is 0.191 e. The molecule has 120 valence electrons. The van der Waals surface area contributed by atoms with E-state index in [4.69, 9.17) is 4.74 Å². The van der Waals surface area contributed by atoms with Crippen LogP contribution in [0.1, 0.15) is 52.4 Å². The van der Waals surface area contributed by atoms with E-state index in [9.17, 15) is 0 Å². The van der Waals surface area contributed by atoms with Crippen molar-refractivity contribution in [1.29, 1.82) is 0 Å². The van der Waals surface area contributed by atoms with Gasteiger partial charge in [-0.05, 0) is 38.0 Å². The van der Waals surface area contributed by atoms with Crippen molar-refractivity contribution in [2.24, 2.45) is 22.2 Å². The lowest BCUT2D eigenvalue weighted by Gasteiger charge is -2.63. The molecule has 2 saturated carbocycles. The molecular weight excluding hydrogens is 262 g/mol. The van der Waals surface area contributed by atoms with Crippen molar-refractivity contribution >= 4 is 5.96 Å². The Kier molecular flexibility index (Phi) is 4.43. The molecule has 0 aromatic rings. The summed E-state index contributed by atoms with van der Waals surface area (Å²) in [6, 6.07) is 0.579. The molecule has 0 aromatic carbocycles. The van der Waals surface area contributed by atoms with Crippen LogP contribution in [-0.2, 0) is 4.74 Å². The number of guanidine groups is 1. The van der Waals surface area contributed by atoms with Gasteiger partial charge in [0, 0.05) is 37.6 Å². The molecule has 1 heterocycles. The fourth-order valence-corrected chi connectivity index (χ4v) is 4.51. The molecule has 3 rings (SSSR count). The second-order valence-electron chi connectivity index (χ2n) is 7.49. The monoisotopic (exact) mass is 293 g/mol. The normalized spacial score (nSPS) is 33.5. The molecule has 1 aliphatic heterocycles. The SMILES string of the molecule is CN=C(NCCCC(C)C)NC1C2CCOC2C12CCC2. The van der Waals surface area contributed by atoms with Crippen LogP contribution in [0.5, 0.6) is 0 Å². The first kappa shape index (κ1) is 15.1. The van der Waals surface area contributed by atoms with Gasteiger partial charge in [0.1, 0.15) is 0 Å². The third-order valence-electron chi connectivity index (χ3n) is 5.80. The van der Waals surface area contributed by atoms with E-state index in [1.165, 1.54) is 38.5 Å². The lowest BCUT2D eigenvalue weighted by Crippen LogP contribution is -2.72. The third kappa shape index (κ3) is 2.67.